The Morgan fingerprint density at radius 3 is 2.81 bits per heavy atom. The van der Waals surface area contributed by atoms with Gasteiger partial charge in [-0.2, -0.15) is 0 Å². The number of benzene rings is 1. The van der Waals surface area contributed by atoms with Crippen LogP contribution in [0.2, 0.25) is 0 Å². The van der Waals surface area contributed by atoms with Crippen molar-refractivity contribution in [2.45, 2.75) is 19.5 Å². The number of nitrogens with zero attached hydrogens (tertiary/aromatic N) is 3. The highest BCUT2D eigenvalue weighted by Crippen LogP contribution is 2.24. The predicted molar refractivity (Wildman–Crippen MR) is 110 cm³/mol. The van der Waals surface area contributed by atoms with Crippen molar-refractivity contribution >= 4 is 11.8 Å². The molecule has 2 amide bonds. The predicted octanol–water partition coefficient (Wildman–Crippen LogP) is 3.07. The van der Waals surface area contributed by atoms with E-state index in [2.05, 4.69) is 15.3 Å². The maximum atomic E-state index is 13.4. The SMILES string of the molecule is O=C(NCc1cccnc1Oc1cccc(F)c1)C1CC(=O)N(Cc2ccccn2)C1. The van der Waals surface area contributed by atoms with Gasteiger partial charge in [0.2, 0.25) is 17.7 Å². The van der Waals surface area contributed by atoms with E-state index in [0.29, 0.717) is 24.4 Å². The monoisotopic (exact) mass is 420 g/mol. The zero-order chi connectivity index (χ0) is 21.6. The zero-order valence-electron chi connectivity index (χ0n) is 16.7. The van der Waals surface area contributed by atoms with Crippen LogP contribution in [0.3, 0.4) is 0 Å². The fourth-order valence-corrected chi connectivity index (χ4v) is 3.41. The van der Waals surface area contributed by atoms with Crippen LogP contribution in [0.4, 0.5) is 4.39 Å². The van der Waals surface area contributed by atoms with E-state index in [-0.39, 0.29) is 30.7 Å². The summed E-state index contributed by atoms with van der Waals surface area (Å²) in [6.07, 6.45) is 3.40. The van der Waals surface area contributed by atoms with E-state index in [4.69, 9.17) is 4.74 Å². The first-order chi connectivity index (χ1) is 15.1. The molecule has 0 spiro atoms. The molecule has 0 aliphatic carbocycles. The summed E-state index contributed by atoms with van der Waals surface area (Å²) in [5.41, 5.74) is 1.43. The molecule has 4 rings (SSSR count). The fraction of sp³-hybridized carbons (Fsp3) is 0.217. The van der Waals surface area contributed by atoms with Crippen molar-refractivity contribution in [3.8, 4) is 11.6 Å². The molecule has 7 nitrogen and oxygen atoms in total. The molecular weight excluding hydrogens is 399 g/mol. The van der Waals surface area contributed by atoms with Crippen LogP contribution in [0, 0.1) is 11.7 Å². The highest BCUT2D eigenvalue weighted by atomic mass is 19.1. The van der Waals surface area contributed by atoms with Gasteiger partial charge < -0.3 is 15.0 Å². The third kappa shape index (κ3) is 5.22. The van der Waals surface area contributed by atoms with Gasteiger partial charge in [0.05, 0.1) is 18.2 Å². The van der Waals surface area contributed by atoms with Crippen LogP contribution in [0.1, 0.15) is 17.7 Å². The number of carbonyl (C=O) groups excluding carboxylic acids is 2. The summed E-state index contributed by atoms with van der Waals surface area (Å²) < 4.78 is 19.1. The van der Waals surface area contributed by atoms with Gasteiger partial charge in [-0.05, 0) is 30.3 Å². The van der Waals surface area contributed by atoms with Crippen LogP contribution in [-0.4, -0.2) is 33.2 Å². The van der Waals surface area contributed by atoms with Gasteiger partial charge in [-0.25, -0.2) is 9.37 Å². The van der Waals surface area contributed by atoms with E-state index < -0.39 is 11.7 Å². The Hall–Kier alpha value is -3.81. The Kier molecular flexibility index (Phi) is 6.16. The molecule has 1 aliphatic heterocycles. The fourth-order valence-electron chi connectivity index (χ4n) is 3.41. The number of ether oxygens (including phenoxy) is 1. The lowest BCUT2D eigenvalue weighted by Crippen LogP contribution is -2.32. The number of rotatable bonds is 7. The summed E-state index contributed by atoms with van der Waals surface area (Å²) in [5, 5.41) is 2.86. The first kappa shape index (κ1) is 20.5. The minimum absolute atomic E-state index is 0.0673. The van der Waals surface area contributed by atoms with E-state index in [1.807, 2.05) is 18.2 Å². The number of hydrogen-bond acceptors (Lipinski definition) is 5. The number of hydrogen-bond donors (Lipinski definition) is 1. The summed E-state index contributed by atoms with van der Waals surface area (Å²) in [6, 6.07) is 14.8. The average molecular weight is 420 g/mol. The van der Waals surface area contributed by atoms with Crippen LogP contribution in [-0.2, 0) is 22.7 Å². The molecule has 1 saturated heterocycles. The molecule has 1 aliphatic rings. The van der Waals surface area contributed by atoms with Gasteiger partial charge in [0.15, 0.2) is 0 Å². The molecular formula is C23H21FN4O3. The molecule has 3 aromatic rings. The molecule has 0 bridgehead atoms. The van der Waals surface area contributed by atoms with Gasteiger partial charge in [0.25, 0.3) is 0 Å². The standard InChI is InChI=1S/C23H21FN4O3/c24-18-6-3-8-20(12-18)31-23-16(5-4-10-26-23)13-27-22(30)17-11-21(29)28(14-17)15-19-7-1-2-9-25-19/h1-10,12,17H,11,13-15H2,(H,27,30). The lowest BCUT2D eigenvalue weighted by atomic mass is 10.1. The number of nitrogens with one attached hydrogen (secondary N) is 1. The third-order valence-electron chi connectivity index (χ3n) is 4.98. The van der Waals surface area contributed by atoms with Crippen molar-refractivity contribution in [1.82, 2.24) is 20.2 Å². The Bertz CT molecular complexity index is 1080. The van der Waals surface area contributed by atoms with Crippen LogP contribution in [0.15, 0.2) is 67.0 Å². The number of pyridine rings is 2. The van der Waals surface area contributed by atoms with Gasteiger partial charge in [-0.15, -0.1) is 0 Å². The van der Waals surface area contributed by atoms with Crippen molar-refractivity contribution in [3.05, 3.63) is 84.1 Å². The Balaban J connectivity index is 1.35. The second-order valence-corrected chi connectivity index (χ2v) is 7.24. The average Bonchev–Trinajstić information content (AvgIpc) is 3.14. The van der Waals surface area contributed by atoms with E-state index in [1.54, 1.807) is 41.6 Å². The van der Waals surface area contributed by atoms with Crippen molar-refractivity contribution in [1.29, 1.82) is 0 Å². The summed E-state index contributed by atoms with van der Waals surface area (Å²) >= 11 is 0. The summed E-state index contributed by atoms with van der Waals surface area (Å²) in [4.78, 5) is 35.0. The Morgan fingerprint density at radius 2 is 2.00 bits per heavy atom. The first-order valence-electron chi connectivity index (χ1n) is 9.91. The smallest absolute Gasteiger partial charge is 0.225 e. The number of likely N-dealkylation sites (tertiary alicyclic amines) is 1. The highest BCUT2D eigenvalue weighted by Gasteiger charge is 2.34. The van der Waals surface area contributed by atoms with Gasteiger partial charge in [-0.3, -0.25) is 14.6 Å². The van der Waals surface area contributed by atoms with Crippen molar-refractivity contribution in [2.24, 2.45) is 5.92 Å². The van der Waals surface area contributed by atoms with Crippen molar-refractivity contribution in [3.63, 3.8) is 0 Å². The lowest BCUT2D eigenvalue weighted by molar-refractivity contribution is -0.129. The molecule has 31 heavy (non-hydrogen) atoms. The molecule has 1 atom stereocenters. The number of halogens is 1. The Morgan fingerprint density at radius 1 is 1.13 bits per heavy atom. The lowest BCUT2D eigenvalue weighted by Gasteiger charge is -2.16. The molecule has 0 saturated carbocycles. The van der Waals surface area contributed by atoms with Crippen LogP contribution in [0.5, 0.6) is 11.6 Å². The van der Waals surface area contributed by atoms with Crippen LogP contribution in [0.25, 0.3) is 0 Å². The Labute approximate surface area is 178 Å². The normalized spacial score (nSPS) is 15.7. The molecule has 1 fully saturated rings. The second-order valence-electron chi connectivity index (χ2n) is 7.24. The van der Waals surface area contributed by atoms with E-state index in [9.17, 15) is 14.0 Å². The van der Waals surface area contributed by atoms with Crippen molar-refractivity contribution in [2.75, 3.05) is 6.54 Å². The number of carbonyl (C=O) groups is 2. The number of aromatic nitrogens is 2. The van der Waals surface area contributed by atoms with Crippen LogP contribution < -0.4 is 10.1 Å². The van der Waals surface area contributed by atoms with Gasteiger partial charge in [-0.1, -0.05) is 18.2 Å². The van der Waals surface area contributed by atoms with Gasteiger partial charge in [0, 0.05) is 43.5 Å². The maximum Gasteiger partial charge on any atom is 0.225 e. The van der Waals surface area contributed by atoms with E-state index in [1.165, 1.54) is 12.1 Å². The molecule has 3 heterocycles. The molecule has 1 aromatic carbocycles. The molecule has 1 unspecified atom stereocenters. The zero-order valence-corrected chi connectivity index (χ0v) is 16.7. The topological polar surface area (TPSA) is 84.4 Å². The summed E-state index contributed by atoms with van der Waals surface area (Å²) in [7, 11) is 0. The minimum Gasteiger partial charge on any atom is -0.439 e. The van der Waals surface area contributed by atoms with E-state index >= 15 is 0 Å². The second kappa shape index (κ2) is 9.34. The summed E-state index contributed by atoms with van der Waals surface area (Å²) in [5.74, 6) is -0.518. The molecule has 8 heteroatoms. The van der Waals surface area contributed by atoms with Crippen molar-refractivity contribution < 1.29 is 18.7 Å². The molecule has 1 N–H and O–H groups in total. The number of amides is 2. The van der Waals surface area contributed by atoms with E-state index in [0.717, 1.165) is 5.69 Å². The molecule has 158 valence electrons. The van der Waals surface area contributed by atoms with Crippen LogP contribution >= 0.6 is 0 Å². The highest BCUT2D eigenvalue weighted by molar-refractivity contribution is 5.89. The van der Waals surface area contributed by atoms with Gasteiger partial charge in [0.1, 0.15) is 11.6 Å². The quantitative estimate of drug-likeness (QED) is 0.635. The minimum atomic E-state index is -0.430. The molecule has 0 radical (unpaired) electrons. The van der Waals surface area contributed by atoms with Gasteiger partial charge >= 0.3 is 0 Å². The maximum absolute atomic E-state index is 13.4. The molecule has 2 aromatic heterocycles. The summed E-state index contributed by atoms with van der Waals surface area (Å²) in [6.45, 7) is 0.918. The third-order valence-corrected chi connectivity index (χ3v) is 4.98. The largest absolute Gasteiger partial charge is 0.439 e. The first-order valence-corrected chi connectivity index (χ1v) is 9.91.